The molecule has 0 spiro atoms. The molecule has 0 heterocycles. The first-order chi connectivity index (χ1) is 9.21. The van der Waals surface area contributed by atoms with Crippen molar-refractivity contribution in [1.29, 1.82) is 0 Å². The van der Waals surface area contributed by atoms with Crippen LogP contribution in [0.15, 0.2) is 24.3 Å². The molecule has 0 aliphatic heterocycles. The first-order valence-corrected chi connectivity index (χ1v) is 7.37. The Morgan fingerprint density at radius 3 is 2.68 bits per heavy atom. The molecule has 0 amide bonds. The number of rotatable bonds is 9. The van der Waals surface area contributed by atoms with E-state index in [1.54, 1.807) is 0 Å². The SMILES string of the molecule is CCCNC(CO)CCN(CC)c1cccc(C)c1. The zero-order valence-electron chi connectivity index (χ0n) is 12.5. The summed E-state index contributed by atoms with van der Waals surface area (Å²) in [6, 6.07) is 8.81. The minimum atomic E-state index is 0.207. The van der Waals surface area contributed by atoms with E-state index in [1.807, 2.05) is 0 Å². The van der Waals surface area contributed by atoms with Crippen LogP contribution in [0.2, 0.25) is 0 Å². The molecule has 1 aromatic carbocycles. The highest BCUT2D eigenvalue weighted by atomic mass is 16.3. The Morgan fingerprint density at radius 1 is 1.32 bits per heavy atom. The van der Waals surface area contributed by atoms with Crippen molar-refractivity contribution >= 4 is 5.69 Å². The highest BCUT2D eigenvalue weighted by molar-refractivity contribution is 5.48. The van der Waals surface area contributed by atoms with Crippen LogP contribution in [0, 0.1) is 6.92 Å². The Kier molecular flexibility index (Phi) is 7.53. The van der Waals surface area contributed by atoms with Gasteiger partial charge in [-0.05, 0) is 50.9 Å². The molecular formula is C16H28N2O. The topological polar surface area (TPSA) is 35.5 Å². The molecule has 0 aliphatic rings. The van der Waals surface area contributed by atoms with Crippen LogP contribution in [-0.4, -0.2) is 37.4 Å². The second-order valence-electron chi connectivity index (χ2n) is 5.04. The minimum absolute atomic E-state index is 0.207. The van der Waals surface area contributed by atoms with Gasteiger partial charge in [-0.2, -0.15) is 0 Å². The number of hydrogen-bond donors (Lipinski definition) is 2. The van der Waals surface area contributed by atoms with Crippen LogP contribution in [0.4, 0.5) is 5.69 Å². The Morgan fingerprint density at radius 2 is 2.11 bits per heavy atom. The quantitative estimate of drug-likeness (QED) is 0.719. The van der Waals surface area contributed by atoms with E-state index < -0.39 is 0 Å². The van der Waals surface area contributed by atoms with Crippen LogP contribution in [0.3, 0.4) is 0 Å². The summed E-state index contributed by atoms with van der Waals surface area (Å²) in [7, 11) is 0. The molecule has 0 saturated heterocycles. The third kappa shape index (κ3) is 5.62. The van der Waals surface area contributed by atoms with Crippen LogP contribution in [0.1, 0.15) is 32.3 Å². The summed E-state index contributed by atoms with van der Waals surface area (Å²) in [5.41, 5.74) is 2.56. The average Bonchev–Trinajstić information content (AvgIpc) is 2.43. The summed E-state index contributed by atoms with van der Waals surface area (Å²) >= 11 is 0. The normalized spacial score (nSPS) is 12.4. The highest BCUT2D eigenvalue weighted by Gasteiger charge is 2.10. The molecule has 1 aromatic rings. The minimum Gasteiger partial charge on any atom is -0.395 e. The van der Waals surface area contributed by atoms with Crippen molar-refractivity contribution in [3.63, 3.8) is 0 Å². The molecule has 1 unspecified atom stereocenters. The molecule has 108 valence electrons. The lowest BCUT2D eigenvalue weighted by Gasteiger charge is -2.26. The fourth-order valence-electron chi connectivity index (χ4n) is 2.21. The van der Waals surface area contributed by atoms with Crippen LogP contribution in [0.5, 0.6) is 0 Å². The Balaban J connectivity index is 2.52. The van der Waals surface area contributed by atoms with Gasteiger partial charge in [-0.15, -0.1) is 0 Å². The van der Waals surface area contributed by atoms with Gasteiger partial charge in [0.1, 0.15) is 0 Å². The van der Waals surface area contributed by atoms with Gasteiger partial charge in [0, 0.05) is 24.8 Å². The van der Waals surface area contributed by atoms with Crippen molar-refractivity contribution in [2.24, 2.45) is 0 Å². The van der Waals surface area contributed by atoms with Gasteiger partial charge in [0.05, 0.1) is 6.61 Å². The number of aryl methyl sites for hydroxylation is 1. The van der Waals surface area contributed by atoms with Gasteiger partial charge in [-0.25, -0.2) is 0 Å². The third-order valence-corrected chi connectivity index (χ3v) is 3.40. The maximum atomic E-state index is 9.37. The van der Waals surface area contributed by atoms with E-state index in [2.05, 4.69) is 55.3 Å². The second-order valence-corrected chi connectivity index (χ2v) is 5.04. The fraction of sp³-hybridized carbons (Fsp3) is 0.625. The zero-order valence-corrected chi connectivity index (χ0v) is 12.5. The van der Waals surface area contributed by atoms with E-state index in [9.17, 15) is 5.11 Å². The lowest BCUT2D eigenvalue weighted by Crippen LogP contribution is -2.37. The van der Waals surface area contributed by atoms with Crippen molar-refractivity contribution in [1.82, 2.24) is 5.32 Å². The lowest BCUT2D eigenvalue weighted by molar-refractivity contribution is 0.237. The summed E-state index contributed by atoms with van der Waals surface area (Å²) in [5.74, 6) is 0. The van der Waals surface area contributed by atoms with E-state index in [0.29, 0.717) is 0 Å². The highest BCUT2D eigenvalue weighted by Crippen LogP contribution is 2.16. The van der Waals surface area contributed by atoms with Crippen LogP contribution < -0.4 is 10.2 Å². The van der Waals surface area contributed by atoms with Gasteiger partial charge in [0.25, 0.3) is 0 Å². The van der Waals surface area contributed by atoms with E-state index in [-0.39, 0.29) is 12.6 Å². The first kappa shape index (κ1) is 16.0. The predicted octanol–water partition coefficient (Wildman–Crippen LogP) is 2.57. The number of nitrogens with one attached hydrogen (secondary N) is 1. The third-order valence-electron chi connectivity index (χ3n) is 3.40. The number of aliphatic hydroxyl groups excluding tert-OH is 1. The first-order valence-electron chi connectivity index (χ1n) is 7.37. The molecule has 3 nitrogen and oxygen atoms in total. The smallest absolute Gasteiger partial charge is 0.0585 e. The van der Waals surface area contributed by atoms with Crippen molar-refractivity contribution < 1.29 is 5.11 Å². The zero-order chi connectivity index (χ0) is 14.1. The van der Waals surface area contributed by atoms with E-state index in [1.165, 1.54) is 11.3 Å². The van der Waals surface area contributed by atoms with Crippen LogP contribution in [-0.2, 0) is 0 Å². The maximum Gasteiger partial charge on any atom is 0.0585 e. The van der Waals surface area contributed by atoms with Crippen molar-refractivity contribution in [2.75, 3.05) is 31.1 Å². The fourth-order valence-corrected chi connectivity index (χ4v) is 2.21. The average molecular weight is 264 g/mol. The molecule has 1 atom stereocenters. The number of anilines is 1. The van der Waals surface area contributed by atoms with Gasteiger partial charge in [-0.1, -0.05) is 19.1 Å². The molecule has 3 heteroatoms. The summed E-state index contributed by atoms with van der Waals surface area (Å²) in [6.45, 7) is 9.60. The second kappa shape index (κ2) is 8.94. The number of hydrogen-bond acceptors (Lipinski definition) is 3. The summed E-state index contributed by atoms with van der Waals surface area (Å²) < 4.78 is 0. The largest absolute Gasteiger partial charge is 0.395 e. The summed E-state index contributed by atoms with van der Waals surface area (Å²) in [4.78, 5) is 2.36. The molecule has 0 aromatic heterocycles. The molecule has 0 bridgehead atoms. The molecule has 0 aliphatic carbocycles. The van der Waals surface area contributed by atoms with E-state index >= 15 is 0 Å². The summed E-state index contributed by atoms with van der Waals surface area (Å²) in [5, 5.41) is 12.8. The molecule has 1 rings (SSSR count). The Bertz CT molecular complexity index is 354. The number of aliphatic hydroxyl groups is 1. The van der Waals surface area contributed by atoms with Gasteiger partial charge >= 0.3 is 0 Å². The maximum absolute atomic E-state index is 9.37. The standard InChI is InChI=1S/C16H28N2O/c1-4-10-17-15(13-19)9-11-18(5-2)16-8-6-7-14(3)12-16/h6-8,12,15,17,19H,4-5,9-11,13H2,1-3H3. The van der Waals surface area contributed by atoms with Gasteiger partial charge in [0.2, 0.25) is 0 Å². The van der Waals surface area contributed by atoms with Gasteiger partial charge < -0.3 is 15.3 Å². The van der Waals surface area contributed by atoms with Gasteiger partial charge in [0.15, 0.2) is 0 Å². The molecular weight excluding hydrogens is 236 g/mol. The predicted molar refractivity (Wildman–Crippen MR) is 82.9 cm³/mol. The van der Waals surface area contributed by atoms with Crippen LogP contribution >= 0.6 is 0 Å². The van der Waals surface area contributed by atoms with Crippen LogP contribution in [0.25, 0.3) is 0 Å². The van der Waals surface area contributed by atoms with E-state index in [0.717, 1.165) is 32.5 Å². The lowest BCUT2D eigenvalue weighted by atomic mass is 10.1. The van der Waals surface area contributed by atoms with Gasteiger partial charge in [-0.3, -0.25) is 0 Å². The molecule has 0 radical (unpaired) electrons. The number of nitrogens with zero attached hydrogens (tertiary/aromatic N) is 1. The molecule has 0 fully saturated rings. The van der Waals surface area contributed by atoms with Crippen molar-refractivity contribution in [3.05, 3.63) is 29.8 Å². The Hall–Kier alpha value is -1.06. The molecule has 0 saturated carbocycles. The van der Waals surface area contributed by atoms with E-state index in [4.69, 9.17) is 0 Å². The number of benzene rings is 1. The Labute approximate surface area is 117 Å². The summed E-state index contributed by atoms with van der Waals surface area (Å²) in [6.07, 6.45) is 2.07. The monoisotopic (exact) mass is 264 g/mol. The van der Waals surface area contributed by atoms with Crippen molar-refractivity contribution in [3.8, 4) is 0 Å². The molecule has 19 heavy (non-hydrogen) atoms. The molecule has 2 N–H and O–H groups in total. The van der Waals surface area contributed by atoms with Crippen molar-refractivity contribution in [2.45, 2.75) is 39.7 Å².